The zero-order chi connectivity index (χ0) is 10.6. The minimum Gasteiger partial charge on any atom is -0.244 e. The molecule has 0 spiro atoms. The molecule has 0 nitrogen and oxygen atoms in total. The number of hydrogen-bond acceptors (Lipinski definition) is 1. The van der Waals surface area contributed by atoms with Gasteiger partial charge in [0.2, 0.25) is 0 Å². The molecule has 0 aliphatic heterocycles. The number of hydrogen-bond donors (Lipinski definition) is 1. The van der Waals surface area contributed by atoms with Crippen LogP contribution in [0.4, 0.5) is 13.2 Å². The summed E-state index contributed by atoms with van der Waals surface area (Å²) in [6.07, 6.45) is 0.610. The van der Waals surface area contributed by atoms with Gasteiger partial charge in [0.05, 0.1) is 0 Å². The molecule has 0 bridgehead atoms. The van der Waals surface area contributed by atoms with E-state index in [2.05, 4.69) is 12.6 Å². The van der Waals surface area contributed by atoms with Gasteiger partial charge in [-0.15, -0.1) is 0 Å². The average Bonchev–Trinajstić information content (AvgIpc) is 2.19. The molecule has 78 valence electrons. The molecule has 0 aliphatic carbocycles. The van der Waals surface area contributed by atoms with Gasteiger partial charge in [-0.1, -0.05) is 18.2 Å². The lowest BCUT2D eigenvalue weighted by Crippen LogP contribution is -2.15. The van der Waals surface area contributed by atoms with Crippen molar-refractivity contribution >= 4 is 12.6 Å². The van der Waals surface area contributed by atoms with Crippen molar-refractivity contribution in [1.82, 2.24) is 0 Å². The second-order valence-corrected chi connectivity index (χ2v) is 3.46. The molecule has 0 saturated carbocycles. The van der Waals surface area contributed by atoms with Gasteiger partial charge in [0.15, 0.2) is 6.67 Å². The van der Waals surface area contributed by atoms with E-state index in [4.69, 9.17) is 0 Å². The van der Waals surface area contributed by atoms with E-state index in [0.29, 0.717) is 12.2 Å². The Balaban J connectivity index is 2.93. The molecule has 0 unspecified atom stereocenters. The van der Waals surface area contributed by atoms with E-state index >= 15 is 0 Å². The first-order valence-corrected chi connectivity index (χ1v) is 4.87. The summed E-state index contributed by atoms with van der Waals surface area (Å²) in [6.45, 7) is -1.66. The highest BCUT2D eigenvalue weighted by Crippen LogP contribution is 2.28. The lowest BCUT2D eigenvalue weighted by molar-refractivity contribution is -0.0281. The highest BCUT2D eigenvalue weighted by atomic mass is 32.1. The molecule has 0 amide bonds. The summed E-state index contributed by atoms with van der Waals surface area (Å²) in [5.41, 5.74) is 0.491. The Bertz CT molecular complexity index is 299. The van der Waals surface area contributed by atoms with E-state index in [0.717, 1.165) is 5.56 Å². The first-order chi connectivity index (χ1) is 6.60. The van der Waals surface area contributed by atoms with Crippen LogP contribution in [0.5, 0.6) is 0 Å². The molecule has 1 aromatic carbocycles. The topological polar surface area (TPSA) is 0 Å². The van der Waals surface area contributed by atoms with E-state index in [-0.39, 0.29) is 5.56 Å². The van der Waals surface area contributed by atoms with Crippen molar-refractivity contribution < 1.29 is 13.2 Å². The van der Waals surface area contributed by atoms with Crippen LogP contribution in [0.25, 0.3) is 0 Å². The molecular formula is C10H11F3S. The summed E-state index contributed by atoms with van der Waals surface area (Å²) in [6, 6.07) is 5.81. The largest absolute Gasteiger partial charge is 0.301 e. The Kier molecular flexibility index (Phi) is 3.86. The van der Waals surface area contributed by atoms with Gasteiger partial charge in [0.1, 0.15) is 0 Å². The summed E-state index contributed by atoms with van der Waals surface area (Å²) in [5, 5.41) is 0. The van der Waals surface area contributed by atoms with Crippen molar-refractivity contribution in [3.05, 3.63) is 35.4 Å². The Morgan fingerprint density at radius 3 is 2.57 bits per heavy atom. The molecule has 1 aromatic rings. The van der Waals surface area contributed by atoms with Crippen molar-refractivity contribution in [3.63, 3.8) is 0 Å². The third-order valence-corrected chi connectivity index (χ3v) is 2.14. The van der Waals surface area contributed by atoms with E-state index in [1.807, 2.05) is 0 Å². The molecule has 0 N–H and O–H groups in total. The van der Waals surface area contributed by atoms with Crippen molar-refractivity contribution in [2.45, 2.75) is 12.3 Å². The van der Waals surface area contributed by atoms with E-state index in [1.54, 1.807) is 6.07 Å². The van der Waals surface area contributed by atoms with Crippen molar-refractivity contribution in [2.75, 3.05) is 12.4 Å². The maximum absolute atomic E-state index is 12.9. The first kappa shape index (κ1) is 11.4. The summed E-state index contributed by atoms with van der Waals surface area (Å²) in [5.74, 6) is -2.78. The molecule has 0 atom stereocenters. The van der Waals surface area contributed by atoms with Crippen LogP contribution in [0.3, 0.4) is 0 Å². The predicted octanol–water partition coefficient (Wildman–Crippen LogP) is 3.22. The van der Waals surface area contributed by atoms with Crippen molar-refractivity contribution in [3.8, 4) is 0 Å². The van der Waals surface area contributed by atoms with Crippen LogP contribution in [0.15, 0.2) is 24.3 Å². The number of benzene rings is 1. The van der Waals surface area contributed by atoms with Crippen LogP contribution in [0.2, 0.25) is 0 Å². The van der Waals surface area contributed by atoms with E-state index in [1.165, 1.54) is 18.2 Å². The van der Waals surface area contributed by atoms with Crippen LogP contribution >= 0.6 is 12.6 Å². The van der Waals surface area contributed by atoms with Crippen molar-refractivity contribution in [1.29, 1.82) is 0 Å². The van der Waals surface area contributed by atoms with Gasteiger partial charge < -0.3 is 0 Å². The predicted molar refractivity (Wildman–Crippen MR) is 53.9 cm³/mol. The maximum Gasteiger partial charge on any atom is 0.301 e. The fourth-order valence-corrected chi connectivity index (χ4v) is 1.42. The van der Waals surface area contributed by atoms with E-state index < -0.39 is 12.6 Å². The van der Waals surface area contributed by atoms with E-state index in [9.17, 15) is 13.2 Å². The SMILES string of the molecule is FCC(F)(F)c1cccc(CCS)c1. The summed E-state index contributed by atoms with van der Waals surface area (Å²) in [4.78, 5) is 0. The third-order valence-electron chi connectivity index (χ3n) is 1.92. The monoisotopic (exact) mass is 220 g/mol. The van der Waals surface area contributed by atoms with Gasteiger partial charge in [-0.25, -0.2) is 4.39 Å². The van der Waals surface area contributed by atoms with Gasteiger partial charge in [-0.2, -0.15) is 21.4 Å². The Morgan fingerprint density at radius 2 is 2.00 bits per heavy atom. The van der Waals surface area contributed by atoms with Crippen LogP contribution in [-0.4, -0.2) is 12.4 Å². The lowest BCUT2D eigenvalue weighted by atomic mass is 10.0. The summed E-state index contributed by atoms with van der Waals surface area (Å²) in [7, 11) is 0. The molecular weight excluding hydrogens is 209 g/mol. The number of thiol groups is 1. The van der Waals surface area contributed by atoms with Gasteiger partial charge in [-0.05, 0) is 23.8 Å². The number of aryl methyl sites for hydroxylation is 1. The fourth-order valence-electron chi connectivity index (χ4n) is 1.16. The Morgan fingerprint density at radius 1 is 1.29 bits per heavy atom. The van der Waals surface area contributed by atoms with Gasteiger partial charge in [0, 0.05) is 5.56 Å². The molecule has 0 fully saturated rings. The zero-order valence-corrected chi connectivity index (χ0v) is 8.41. The molecule has 1 rings (SSSR count). The van der Waals surface area contributed by atoms with Crippen molar-refractivity contribution in [2.24, 2.45) is 0 Å². The Labute approximate surface area is 86.5 Å². The second-order valence-electron chi connectivity index (χ2n) is 3.01. The smallest absolute Gasteiger partial charge is 0.244 e. The quantitative estimate of drug-likeness (QED) is 0.740. The first-order valence-electron chi connectivity index (χ1n) is 4.24. The highest BCUT2D eigenvalue weighted by molar-refractivity contribution is 7.80. The minimum atomic E-state index is -3.37. The van der Waals surface area contributed by atoms with Gasteiger partial charge in [0.25, 0.3) is 0 Å². The number of halogens is 3. The molecule has 4 heteroatoms. The van der Waals surface area contributed by atoms with Crippen LogP contribution in [0.1, 0.15) is 11.1 Å². The number of alkyl halides is 3. The molecule has 0 heterocycles. The lowest BCUT2D eigenvalue weighted by Gasteiger charge is -2.13. The molecule has 0 radical (unpaired) electrons. The van der Waals surface area contributed by atoms with Gasteiger partial charge >= 0.3 is 5.92 Å². The number of rotatable bonds is 4. The average molecular weight is 220 g/mol. The summed E-state index contributed by atoms with van der Waals surface area (Å²) < 4.78 is 37.8. The van der Waals surface area contributed by atoms with Crippen LogP contribution in [0, 0.1) is 0 Å². The molecule has 0 aromatic heterocycles. The summed E-state index contributed by atoms with van der Waals surface area (Å²) >= 11 is 4.00. The molecule has 14 heavy (non-hydrogen) atoms. The molecule has 0 aliphatic rings. The van der Waals surface area contributed by atoms with Gasteiger partial charge in [-0.3, -0.25) is 0 Å². The zero-order valence-electron chi connectivity index (χ0n) is 7.51. The highest BCUT2D eigenvalue weighted by Gasteiger charge is 2.31. The van der Waals surface area contributed by atoms with Crippen LogP contribution in [-0.2, 0) is 12.3 Å². The molecule has 0 saturated heterocycles. The standard InChI is InChI=1S/C10H11F3S/c11-7-10(12,13)9-3-1-2-8(6-9)4-5-14/h1-3,6,14H,4-5,7H2. The Hall–Kier alpha value is -0.640. The second kappa shape index (κ2) is 4.73. The normalized spacial score (nSPS) is 11.7. The third kappa shape index (κ3) is 2.67. The maximum atomic E-state index is 12.9. The minimum absolute atomic E-state index is 0.265. The fraction of sp³-hybridized carbons (Fsp3) is 0.400. The van der Waals surface area contributed by atoms with Crippen LogP contribution < -0.4 is 0 Å².